The summed E-state index contributed by atoms with van der Waals surface area (Å²) in [5.74, 6) is -1.27. The molecule has 3 aromatic carbocycles. The number of carbonyl (C=O) groups excluding carboxylic acids is 3. The lowest BCUT2D eigenvalue weighted by Gasteiger charge is -2.30. The Labute approximate surface area is 258 Å². The first-order valence-corrected chi connectivity index (χ1v) is 14.9. The molecule has 1 saturated carbocycles. The lowest BCUT2D eigenvalue weighted by Crippen LogP contribution is -2.45. The van der Waals surface area contributed by atoms with E-state index in [2.05, 4.69) is 16.4 Å². The number of anilines is 1. The van der Waals surface area contributed by atoms with Gasteiger partial charge in [-0.2, -0.15) is 10.2 Å². The van der Waals surface area contributed by atoms with E-state index in [0.29, 0.717) is 15.7 Å². The molecule has 4 atom stereocenters. The van der Waals surface area contributed by atoms with Crippen molar-refractivity contribution in [2.45, 2.75) is 37.4 Å². The topological polar surface area (TPSA) is 98.0 Å². The third-order valence-corrected chi connectivity index (χ3v) is 8.85. The van der Waals surface area contributed by atoms with Crippen LogP contribution in [0.15, 0.2) is 99.9 Å². The van der Waals surface area contributed by atoms with Gasteiger partial charge in [-0.3, -0.25) is 19.4 Å². The van der Waals surface area contributed by atoms with Crippen LogP contribution in [0, 0.1) is 5.92 Å². The highest BCUT2D eigenvalue weighted by molar-refractivity contribution is 6.31. The zero-order valence-electron chi connectivity index (χ0n) is 22.9. The standard InChI is InChI=1S/C32H26Cl2N6O3/c33-22-13-9-19(10-14-22)17-21-5-4-8-25-27(21)36-40(29(25)20-11-15-23(34)16-12-20)26(41)18-38-30-28(35-37-38)31(42)39(32(30)43)24-6-2-1-3-7-24/h1-3,6-7,9-17,25,28-30H,4-5,8,18H2/b21-17+. The average molecular weight is 614 g/mol. The fraction of sp³-hybridized carbons (Fsp3) is 0.250. The second kappa shape index (κ2) is 11.1. The van der Waals surface area contributed by atoms with Gasteiger partial charge in [-0.25, -0.2) is 9.91 Å². The van der Waals surface area contributed by atoms with E-state index in [1.807, 2.05) is 54.6 Å². The average Bonchev–Trinajstić information content (AvgIpc) is 3.68. The number of hydrogen-bond acceptors (Lipinski definition) is 7. The Morgan fingerprint density at radius 3 is 2.30 bits per heavy atom. The van der Waals surface area contributed by atoms with Crippen LogP contribution in [0.4, 0.5) is 5.69 Å². The molecule has 2 fully saturated rings. The number of nitrogens with zero attached hydrogens (tertiary/aromatic N) is 6. The summed E-state index contributed by atoms with van der Waals surface area (Å²) in [4.78, 5) is 41.7. The lowest BCUT2D eigenvalue weighted by atomic mass is 9.77. The van der Waals surface area contributed by atoms with Gasteiger partial charge in [0.15, 0.2) is 12.1 Å². The SMILES string of the molecule is O=C1C2N=NN(CC(=O)N3N=C4/C(=C/c5ccc(Cl)cc5)CCCC4C3c3ccc(Cl)cc3)C2C(=O)N1c1ccccc1. The zero-order chi connectivity index (χ0) is 29.7. The number of amides is 3. The van der Waals surface area contributed by atoms with E-state index in [1.54, 1.807) is 24.3 Å². The molecule has 1 saturated heterocycles. The Bertz CT molecular complexity index is 1690. The van der Waals surface area contributed by atoms with E-state index in [1.165, 1.54) is 10.0 Å². The van der Waals surface area contributed by atoms with E-state index < -0.39 is 23.9 Å². The molecule has 3 heterocycles. The maximum atomic E-state index is 14.0. The summed E-state index contributed by atoms with van der Waals surface area (Å²) < 4.78 is 0. The number of rotatable bonds is 5. The molecule has 11 heteroatoms. The number of fused-ring (bicyclic) bond motifs is 2. The number of hydrazone groups is 1. The molecule has 0 bridgehead atoms. The van der Waals surface area contributed by atoms with E-state index in [0.717, 1.165) is 46.6 Å². The van der Waals surface area contributed by atoms with E-state index >= 15 is 0 Å². The van der Waals surface area contributed by atoms with Crippen LogP contribution in [0.5, 0.6) is 0 Å². The van der Waals surface area contributed by atoms with Crippen molar-refractivity contribution in [1.82, 2.24) is 10.0 Å². The summed E-state index contributed by atoms with van der Waals surface area (Å²) in [6, 6.07) is 21.5. The van der Waals surface area contributed by atoms with E-state index in [4.69, 9.17) is 28.3 Å². The van der Waals surface area contributed by atoms with Gasteiger partial charge in [-0.15, -0.1) is 0 Å². The molecule has 3 aliphatic heterocycles. The number of imide groups is 1. The van der Waals surface area contributed by atoms with Crippen molar-refractivity contribution in [3.8, 4) is 0 Å². The van der Waals surface area contributed by atoms with Crippen LogP contribution in [0.1, 0.15) is 36.4 Å². The van der Waals surface area contributed by atoms with Crippen LogP contribution in [0.3, 0.4) is 0 Å². The van der Waals surface area contributed by atoms with Gasteiger partial charge in [-0.1, -0.05) is 70.9 Å². The van der Waals surface area contributed by atoms with E-state index in [9.17, 15) is 14.4 Å². The molecular weight excluding hydrogens is 587 g/mol. The first-order chi connectivity index (χ1) is 20.9. The highest BCUT2D eigenvalue weighted by Gasteiger charge is 2.55. The predicted octanol–water partition coefficient (Wildman–Crippen LogP) is 6.11. The summed E-state index contributed by atoms with van der Waals surface area (Å²) in [7, 11) is 0. The molecule has 216 valence electrons. The molecule has 1 aliphatic carbocycles. The molecule has 3 aromatic rings. The maximum absolute atomic E-state index is 14.0. The predicted molar refractivity (Wildman–Crippen MR) is 163 cm³/mol. The number of benzene rings is 3. The van der Waals surface area contributed by atoms with Crippen LogP contribution < -0.4 is 4.90 Å². The Kier molecular flexibility index (Phi) is 7.07. The quantitative estimate of drug-likeness (QED) is 0.325. The van der Waals surface area contributed by atoms with Gasteiger partial charge in [0.2, 0.25) is 0 Å². The molecule has 9 nitrogen and oxygen atoms in total. The van der Waals surface area contributed by atoms with Crippen LogP contribution in [-0.2, 0) is 14.4 Å². The largest absolute Gasteiger partial charge is 0.271 e. The number of para-hydroxylation sites is 1. The molecule has 0 aromatic heterocycles. The monoisotopic (exact) mass is 612 g/mol. The van der Waals surface area contributed by atoms with Gasteiger partial charge in [0, 0.05) is 16.0 Å². The Morgan fingerprint density at radius 2 is 1.58 bits per heavy atom. The van der Waals surface area contributed by atoms with Gasteiger partial charge in [0.25, 0.3) is 17.7 Å². The number of halogens is 2. The first-order valence-electron chi connectivity index (χ1n) is 14.1. The van der Waals surface area contributed by atoms with Gasteiger partial charge in [0.05, 0.1) is 17.4 Å². The molecule has 3 amide bonds. The Balaban J connectivity index is 1.19. The van der Waals surface area contributed by atoms with Gasteiger partial charge in [-0.05, 0) is 78.4 Å². The first kappa shape index (κ1) is 27.5. The number of hydrogen-bond donors (Lipinski definition) is 0. The fourth-order valence-corrected chi connectivity index (χ4v) is 6.61. The van der Waals surface area contributed by atoms with Crippen LogP contribution in [0.25, 0.3) is 6.08 Å². The molecule has 0 N–H and O–H groups in total. The van der Waals surface area contributed by atoms with Crippen molar-refractivity contribution in [3.05, 3.63) is 106 Å². The van der Waals surface area contributed by atoms with Crippen molar-refractivity contribution in [1.29, 1.82) is 0 Å². The normalized spacial score (nSPS) is 25.4. The Morgan fingerprint density at radius 1 is 0.884 bits per heavy atom. The highest BCUT2D eigenvalue weighted by Crippen LogP contribution is 2.45. The van der Waals surface area contributed by atoms with Gasteiger partial charge in [0.1, 0.15) is 6.54 Å². The zero-order valence-corrected chi connectivity index (χ0v) is 24.4. The van der Waals surface area contributed by atoms with Crippen LogP contribution in [0.2, 0.25) is 10.0 Å². The minimum atomic E-state index is -0.992. The van der Waals surface area contributed by atoms with Crippen molar-refractivity contribution in [2.24, 2.45) is 21.4 Å². The summed E-state index contributed by atoms with van der Waals surface area (Å²) in [6.45, 7) is -0.254. The summed E-state index contributed by atoms with van der Waals surface area (Å²) in [6.07, 6.45) is 4.75. The van der Waals surface area contributed by atoms with E-state index in [-0.39, 0.29) is 24.4 Å². The second-order valence-corrected chi connectivity index (χ2v) is 11.9. The van der Waals surface area contributed by atoms with Crippen LogP contribution >= 0.6 is 23.2 Å². The lowest BCUT2D eigenvalue weighted by molar-refractivity contribution is -0.136. The number of allylic oxidation sites excluding steroid dienone is 1. The molecule has 7 rings (SSSR count). The summed E-state index contributed by atoms with van der Waals surface area (Å²) >= 11 is 12.3. The summed E-state index contributed by atoms with van der Waals surface area (Å²) in [5.41, 5.74) is 4.33. The third kappa shape index (κ3) is 4.92. The minimum Gasteiger partial charge on any atom is -0.271 e. The van der Waals surface area contributed by atoms with Gasteiger partial charge < -0.3 is 0 Å². The minimum absolute atomic E-state index is 0.0198. The Hall–Kier alpha value is -4.34. The van der Waals surface area contributed by atoms with Crippen molar-refractivity contribution in [2.75, 3.05) is 11.4 Å². The smallest absolute Gasteiger partial charge is 0.264 e. The fourth-order valence-electron chi connectivity index (χ4n) is 6.36. The van der Waals surface area contributed by atoms with Crippen molar-refractivity contribution < 1.29 is 14.4 Å². The highest BCUT2D eigenvalue weighted by atomic mass is 35.5. The molecule has 0 spiro atoms. The second-order valence-electron chi connectivity index (χ2n) is 11.0. The third-order valence-electron chi connectivity index (χ3n) is 8.35. The van der Waals surface area contributed by atoms with Gasteiger partial charge >= 0.3 is 0 Å². The molecule has 0 radical (unpaired) electrons. The maximum Gasteiger partial charge on any atom is 0.264 e. The molecule has 43 heavy (non-hydrogen) atoms. The van der Waals surface area contributed by atoms with Crippen molar-refractivity contribution >= 4 is 58.4 Å². The van der Waals surface area contributed by atoms with Crippen LogP contribution in [-0.4, -0.2) is 52.1 Å². The molecule has 4 aliphatic rings. The molecular formula is C32H26Cl2N6O3. The van der Waals surface area contributed by atoms with Crippen molar-refractivity contribution in [3.63, 3.8) is 0 Å². The molecule has 4 unspecified atom stereocenters. The number of carbonyl (C=O) groups is 3. The summed E-state index contributed by atoms with van der Waals surface area (Å²) in [5, 5.41) is 17.2.